The lowest BCUT2D eigenvalue weighted by atomic mass is 10.1. The van der Waals surface area contributed by atoms with Crippen LogP contribution in [0.15, 0.2) is 0 Å². The number of carboxylic acids is 1. The fourth-order valence-corrected chi connectivity index (χ4v) is 1.77. The Hall–Kier alpha value is -2.36. The van der Waals surface area contributed by atoms with Gasteiger partial charge in [0.15, 0.2) is 0 Å². The molecule has 0 saturated heterocycles. The number of alkyl carbamates (subject to hydrolysis) is 1. The molecular formula is C15H27N3O7. The number of aliphatic hydroxyl groups is 1. The summed E-state index contributed by atoms with van der Waals surface area (Å²) in [7, 11) is 0. The van der Waals surface area contributed by atoms with Crippen molar-refractivity contribution in [2.24, 2.45) is 0 Å². The number of aliphatic carboxylic acids is 1. The standard InChI is InChI=1S/C15H27N3O7/c1-15(2,3)25-14(24)16-7-5-4-6-10(18-11(20)9-19)13(23)17-8-12(21)22/h10,19H,4-9H2,1-3H3,(H,16,24)(H,17,23)(H,18,20)(H,21,22). The van der Waals surface area contributed by atoms with Crippen LogP contribution in [0, 0.1) is 0 Å². The maximum atomic E-state index is 11.9. The van der Waals surface area contributed by atoms with Gasteiger partial charge in [-0.25, -0.2) is 4.79 Å². The summed E-state index contributed by atoms with van der Waals surface area (Å²) in [4.78, 5) is 45.0. The molecule has 1 atom stereocenters. The highest BCUT2D eigenvalue weighted by atomic mass is 16.6. The summed E-state index contributed by atoms with van der Waals surface area (Å²) in [6.45, 7) is 4.23. The molecule has 0 radical (unpaired) electrons. The van der Waals surface area contributed by atoms with E-state index >= 15 is 0 Å². The van der Waals surface area contributed by atoms with Crippen molar-refractivity contribution in [3.63, 3.8) is 0 Å². The molecule has 5 N–H and O–H groups in total. The van der Waals surface area contributed by atoms with Crippen molar-refractivity contribution in [3.8, 4) is 0 Å². The first kappa shape index (κ1) is 22.6. The molecule has 0 aromatic carbocycles. The zero-order valence-electron chi connectivity index (χ0n) is 14.8. The summed E-state index contributed by atoms with van der Waals surface area (Å²) < 4.78 is 5.07. The topological polar surface area (TPSA) is 154 Å². The molecule has 0 bridgehead atoms. The second-order valence-corrected chi connectivity index (χ2v) is 6.31. The average molecular weight is 361 g/mol. The van der Waals surface area contributed by atoms with E-state index in [9.17, 15) is 19.2 Å². The molecule has 0 fully saturated rings. The number of hydrogen-bond acceptors (Lipinski definition) is 6. The molecule has 0 spiro atoms. The lowest BCUT2D eigenvalue weighted by molar-refractivity contribution is -0.138. The van der Waals surface area contributed by atoms with Crippen molar-refractivity contribution in [1.29, 1.82) is 0 Å². The number of carbonyl (C=O) groups is 4. The highest BCUT2D eigenvalue weighted by Crippen LogP contribution is 2.06. The largest absolute Gasteiger partial charge is 0.480 e. The fraction of sp³-hybridized carbons (Fsp3) is 0.733. The van der Waals surface area contributed by atoms with Crippen LogP contribution in [0.2, 0.25) is 0 Å². The van der Waals surface area contributed by atoms with Crippen molar-refractivity contribution in [2.45, 2.75) is 51.7 Å². The maximum Gasteiger partial charge on any atom is 0.407 e. The van der Waals surface area contributed by atoms with Crippen LogP contribution in [-0.4, -0.2) is 65.4 Å². The van der Waals surface area contributed by atoms with Gasteiger partial charge in [-0.05, 0) is 40.0 Å². The van der Waals surface area contributed by atoms with E-state index in [1.165, 1.54) is 0 Å². The third kappa shape index (κ3) is 12.7. The van der Waals surface area contributed by atoms with E-state index in [4.69, 9.17) is 14.9 Å². The van der Waals surface area contributed by atoms with Gasteiger partial charge < -0.3 is 30.9 Å². The molecule has 0 aromatic rings. The van der Waals surface area contributed by atoms with Crippen LogP contribution in [0.25, 0.3) is 0 Å². The molecule has 3 amide bonds. The molecule has 25 heavy (non-hydrogen) atoms. The molecule has 144 valence electrons. The predicted molar refractivity (Wildman–Crippen MR) is 87.7 cm³/mol. The Balaban J connectivity index is 4.25. The predicted octanol–water partition coefficient (Wildman–Crippen LogP) is -0.641. The van der Waals surface area contributed by atoms with E-state index in [1.807, 2.05) is 0 Å². The SMILES string of the molecule is CC(C)(C)OC(=O)NCCCCC(NC(=O)CO)C(=O)NCC(=O)O. The zero-order chi connectivity index (χ0) is 19.5. The Morgan fingerprint density at radius 1 is 1.08 bits per heavy atom. The summed E-state index contributed by atoms with van der Waals surface area (Å²) >= 11 is 0. The van der Waals surface area contributed by atoms with E-state index < -0.39 is 48.7 Å². The first-order valence-corrected chi connectivity index (χ1v) is 7.91. The molecule has 0 rings (SSSR count). The molecule has 0 aliphatic heterocycles. The number of nitrogens with one attached hydrogen (secondary N) is 3. The lowest BCUT2D eigenvalue weighted by Crippen LogP contribution is -2.48. The maximum absolute atomic E-state index is 11.9. The first-order chi connectivity index (χ1) is 11.5. The van der Waals surface area contributed by atoms with Crippen molar-refractivity contribution < 1.29 is 34.1 Å². The number of carbonyl (C=O) groups excluding carboxylic acids is 3. The minimum Gasteiger partial charge on any atom is -0.480 e. The van der Waals surface area contributed by atoms with Gasteiger partial charge >= 0.3 is 12.1 Å². The third-order valence-corrected chi connectivity index (χ3v) is 2.80. The number of unbranched alkanes of at least 4 members (excludes halogenated alkanes) is 1. The van der Waals surface area contributed by atoms with E-state index in [-0.39, 0.29) is 6.42 Å². The summed E-state index contributed by atoms with van der Waals surface area (Å²) in [5.41, 5.74) is -0.591. The van der Waals surface area contributed by atoms with Crippen molar-refractivity contribution in [1.82, 2.24) is 16.0 Å². The van der Waals surface area contributed by atoms with Crippen molar-refractivity contribution in [2.75, 3.05) is 19.7 Å². The molecule has 0 aliphatic carbocycles. The first-order valence-electron chi connectivity index (χ1n) is 7.91. The van der Waals surface area contributed by atoms with Gasteiger partial charge in [0.1, 0.15) is 24.8 Å². The minimum absolute atomic E-state index is 0.229. The summed E-state index contributed by atoms with van der Waals surface area (Å²) in [6, 6.07) is -0.958. The van der Waals surface area contributed by atoms with Crippen LogP contribution < -0.4 is 16.0 Å². The van der Waals surface area contributed by atoms with Crippen LogP contribution in [0.4, 0.5) is 4.79 Å². The highest BCUT2D eigenvalue weighted by molar-refractivity contribution is 5.89. The molecule has 1 unspecified atom stereocenters. The molecule has 0 aromatic heterocycles. The average Bonchev–Trinajstić information content (AvgIpc) is 2.48. The van der Waals surface area contributed by atoms with Gasteiger partial charge in [0.25, 0.3) is 0 Å². The Morgan fingerprint density at radius 3 is 2.24 bits per heavy atom. The number of aliphatic hydroxyl groups excluding tert-OH is 1. The van der Waals surface area contributed by atoms with E-state index in [2.05, 4.69) is 16.0 Å². The number of hydrogen-bond donors (Lipinski definition) is 5. The van der Waals surface area contributed by atoms with Crippen LogP contribution in [0.3, 0.4) is 0 Å². The Labute approximate surface area is 146 Å². The Kier molecular flexibility index (Phi) is 10.2. The third-order valence-electron chi connectivity index (χ3n) is 2.80. The highest BCUT2D eigenvalue weighted by Gasteiger charge is 2.20. The van der Waals surface area contributed by atoms with E-state index in [1.54, 1.807) is 20.8 Å². The molecule has 0 saturated carbocycles. The smallest absolute Gasteiger partial charge is 0.407 e. The fourth-order valence-electron chi connectivity index (χ4n) is 1.77. The van der Waals surface area contributed by atoms with Gasteiger partial charge in [-0.2, -0.15) is 0 Å². The molecule has 10 heteroatoms. The minimum atomic E-state index is -1.21. The number of rotatable bonds is 10. The summed E-state index contributed by atoms with van der Waals surface area (Å²) in [5.74, 6) is -2.59. The van der Waals surface area contributed by atoms with Crippen LogP contribution in [0.5, 0.6) is 0 Å². The normalized spacial score (nSPS) is 12.0. The van der Waals surface area contributed by atoms with Gasteiger partial charge in [0.2, 0.25) is 11.8 Å². The molecule has 0 aliphatic rings. The van der Waals surface area contributed by atoms with Gasteiger partial charge in [-0.1, -0.05) is 0 Å². The second kappa shape index (κ2) is 11.2. The van der Waals surface area contributed by atoms with Crippen LogP contribution >= 0.6 is 0 Å². The number of ether oxygens (including phenoxy) is 1. The van der Waals surface area contributed by atoms with Crippen LogP contribution in [0.1, 0.15) is 40.0 Å². The number of carboxylic acid groups (broad SMARTS) is 1. The molecule has 10 nitrogen and oxygen atoms in total. The van der Waals surface area contributed by atoms with Crippen LogP contribution in [-0.2, 0) is 19.1 Å². The van der Waals surface area contributed by atoms with E-state index in [0.29, 0.717) is 19.4 Å². The quantitative estimate of drug-likeness (QED) is 0.324. The number of amides is 3. The van der Waals surface area contributed by atoms with Gasteiger partial charge in [-0.3, -0.25) is 14.4 Å². The Morgan fingerprint density at radius 2 is 1.72 bits per heavy atom. The summed E-state index contributed by atoms with van der Waals surface area (Å²) in [5, 5.41) is 24.4. The molecular weight excluding hydrogens is 334 g/mol. The molecule has 0 heterocycles. The second-order valence-electron chi connectivity index (χ2n) is 6.31. The zero-order valence-corrected chi connectivity index (χ0v) is 14.8. The van der Waals surface area contributed by atoms with E-state index in [0.717, 1.165) is 0 Å². The van der Waals surface area contributed by atoms with Gasteiger partial charge in [0, 0.05) is 6.54 Å². The van der Waals surface area contributed by atoms with Gasteiger partial charge in [0.05, 0.1) is 0 Å². The van der Waals surface area contributed by atoms with Crippen molar-refractivity contribution >= 4 is 23.9 Å². The monoisotopic (exact) mass is 361 g/mol. The summed E-state index contributed by atoms with van der Waals surface area (Å²) in [6.07, 6.45) is 0.688. The lowest BCUT2D eigenvalue weighted by Gasteiger charge is -2.20. The van der Waals surface area contributed by atoms with Gasteiger partial charge in [-0.15, -0.1) is 0 Å². The van der Waals surface area contributed by atoms with Crippen molar-refractivity contribution in [3.05, 3.63) is 0 Å². The Bertz CT molecular complexity index is 474.